The Balaban J connectivity index is 1.91. The van der Waals surface area contributed by atoms with Crippen LogP contribution in [0, 0.1) is 6.92 Å². The second kappa shape index (κ2) is 9.49. The van der Waals surface area contributed by atoms with E-state index in [4.69, 9.17) is 0 Å². The number of carbonyl (C=O) groups is 3. The number of aliphatic carboxylic acids is 1. The fourth-order valence-electron chi connectivity index (χ4n) is 4.10. The third kappa shape index (κ3) is 4.67. The predicted octanol–water partition coefficient (Wildman–Crippen LogP) is 5.01. The van der Waals surface area contributed by atoms with E-state index in [0.29, 0.717) is 22.3 Å². The van der Waals surface area contributed by atoms with E-state index in [1.165, 1.54) is 4.90 Å². The summed E-state index contributed by atoms with van der Waals surface area (Å²) in [5, 5.41) is 9.41. The molecule has 0 aromatic heterocycles. The highest BCUT2D eigenvalue weighted by Gasteiger charge is 2.35. The third-order valence-corrected chi connectivity index (χ3v) is 5.65. The normalized spacial score (nSPS) is 13.8. The number of rotatable bonds is 7. The second-order valence-corrected chi connectivity index (χ2v) is 7.91. The van der Waals surface area contributed by atoms with Gasteiger partial charge in [0.15, 0.2) is 11.6 Å². The van der Waals surface area contributed by atoms with Crippen LogP contribution in [0.1, 0.15) is 37.8 Å². The summed E-state index contributed by atoms with van der Waals surface area (Å²) in [5.74, 6) is -2.18. The first-order valence-electron chi connectivity index (χ1n) is 10.6. The van der Waals surface area contributed by atoms with Gasteiger partial charge in [0, 0.05) is 40.6 Å². The van der Waals surface area contributed by atoms with Crippen molar-refractivity contribution < 1.29 is 19.5 Å². The average Bonchev–Trinajstić information content (AvgIpc) is 2.84. The van der Waals surface area contributed by atoms with Gasteiger partial charge in [0.25, 0.3) is 0 Å². The predicted molar refractivity (Wildman–Crippen MR) is 126 cm³/mol. The smallest absolute Gasteiger partial charge is 0.323 e. The second-order valence-electron chi connectivity index (χ2n) is 7.91. The highest BCUT2D eigenvalue weighted by atomic mass is 16.4. The Kier molecular flexibility index (Phi) is 6.31. The summed E-state index contributed by atoms with van der Waals surface area (Å²) >= 11 is 0. The summed E-state index contributed by atoms with van der Waals surface area (Å²) in [7, 11) is 0. The molecule has 0 radical (unpaired) electrons. The van der Waals surface area contributed by atoms with Gasteiger partial charge in [-0.25, -0.2) is 0 Å². The van der Waals surface area contributed by atoms with Gasteiger partial charge in [-0.15, -0.1) is 0 Å². The number of hydrogen-bond donors (Lipinski definition) is 1. The number of carboxylic acid groups (broad SMARTS) is 1. The summed E-state index contributed by atoms with van der Waals surface area (Å²) in [6.07, 6.45) is 3.12. The minimum Gasteiger partial charge on any atom is -0.480 e. The molecular formula is C28H23NO4. The molecule has 5 nitrogen and oxygen atoms in total. The molecule has 5 heteroatoms. The van der Waals surface area contributed by atoms with Gasteiger partial charge in [0.1, 0.15) is 6.54 Å². The molecule has 1 heterocycles. The Labute approximate surface area is 192 Å². The summed E-state index contributed by atoms with van der Waals surface area (Å²) in [6.45, 7) is 1.58. The molecule has 33 heavy (non-hydrogen) atoms. The minimum absolute atomic E-state index is 0.245. The van der Waals surface area contributed by atoms with Gasteiger partial charge in [-0.2, -0.15) is 0 Å². The summed E-state index contributed by atoms with van der Waals surface area (Å²) < 4.78 is 0. The number of aryl methyl sites for hydroxylation is 1. The standard InChI is InChI=1S/C28H23NO4/c1-19-10-8-9-15-22(19)26-23(27(32)20-11-4-2-5-12-20)16-29(18-25(30)31)17-24(26)28(33)21-13-6-3-7-14-21/h2-17,26H,18H2,1H3,(H,30,31). The Morgan fingerprint density at radius 2 is 1.18 bits per heavy atom. The maximum absolute atomic E-state index is 13.6. The molecular weight excluding hydrogens is 414 g/mol. The number of nitrogens with zero attached hydrogens (tertiary/aromatic N) is 1. The van der Waals surface area contributed by atoms with Crippen LogP contribution < -0.4 is 0 Å². The number of hydrogen-bond acceptors (Lipinski definition) is 4. The maximum atomic E-state index is 13.6. The molecule has 3 aromatic rings. The third-order valence-electron chi connectivity index (χ3n) is 5.65. The van der Waals surface area contributed by atoms with E-state index in [-0.39, 0.29) is 18.1 Å². The lowest BCUT2D eigenvalue weighted by atomic mass is 9.76. The molecule has 0 unspecified atom stereocenters. The highest BCUT2D eigenvalue weighted by molar-refractivity contribution is 6.15. The van der Waals surface area contributed by atoms with Crippen molar-refractivity contribution in [2.75, 3.05) is 6.54 Å². The van der Waals surface area contributed by atoms with E-state index < -0.39 is 11.9 Å². The highest BCUT2D eigenvalue weighted by Crippen LogP contribution is 2.40. The number of Topliss-reactive ketones (excluding diaryl/α,β-unsaturated/α-hetero) is 2. The van der Waals surface area contributed by atoms with Gasteiger partial charge >= 0.3 is 5.97 Å². The Hall–Kier alpha value is -4.25. The summed E-state index contributed by atoms with van der Waals surface area (Å²) in [4.78, 5) is 40.2. The van der Waals surface area contributed by atoms with Crippen molar-refractivity contribution in [1.82, 2.24) is 4.90 Å². The quantitative estimate of drug-likeness (QED) is 0.526. The van der Waals surface area contributed by atoms with Crippen molar-refractivity contribution in [3.63, 3.8) is 0 Å². The Morgan fingerprint density at radius 3 is 1.64 bits per heavy atom. The van der Waals surface area contributed by atoms with Crippen molar-refractivity contribution >= 4 is 17.5 Å². The van der Waals surface area contributed by atoms with Crippen LogP contribution >= 0.6 is 0 Å². The molecule has 0 fully saturated rings. The molecule has 0 spiro atoms. The van der Waals surface area contributed by atoms with Crippen LogP contribution in [0.2, 0.25) is 0 Å². The molecule has 0 bridgehead atoms. The molecule has 164 valence electrons. The number of ketones is 2. The van der Waals surface area contributed by atoms with Gasteiger partial charge < -0.3 is 10.0 Å². The maximum Gasteiger partial charge on any atom is 0.323 e. The van der Waals surface area contributed by atoms with Gasteiger partial charge in [0.05, 0.1) is 0 Å². The van der Waals surface area contributed by atoms with Crippen LogP contribution in [0.15, 0.2) is 108 Å². The lowest BCUT2D eigenvalue weighted by Gasteiger charge is -2.31. The molecule has 1 aliphatic heterocycles. The first kappa shape index (κ1) is 22.0. The van der Waals surface area contributed by atoms with Crippen LogP contribution in [-0.2, 0) is 4.79 Å². The zero-order valence-electron chi connectivity index (χ0n) is 18.1. The van der Waals surface area contributed by atoms with Gasteiger partial charge in [0.2, 0.25) is 0 Å². The largest absolute Gasteiger partial charge is 0.480 e. The molecule has 0 saturated heterocycles. The molecule has 1 N–H and O–H groups in total. The van der Waals surface area contributed by atoms with Crippen molar-refractivity contribution in [2.45, 2.75) is 12.8 Å². The number of allylic oxidation sites excluding steroid dienone is 2. The molecule has 0 atom stereocenters. The van der Waals surface area contributed by atoms with E-state index in [1.807, 2.05) is 43.3 Å². The number of benzene rings is 3. The monoisotopic (exact) mass is 437 g/mol. The Bertz CT molecular complexity index is 1190. The van der Waals surface area contributed by atoms with Gasteiger partial charge in [-0.1, -0.05) is 84.9 Å². The molecule has 0 aliphatic carbocycles. The van der Waals surface area contributed by atoms with E-state index in [9.17, 15) is 19.5 Å². The zero-order valence-corrected chi connectivity index (χ0v) is 18.1. The lowest BCUT2D eigenvalue weighted by Crippen LogP contribution is -2.30. The van der Waals surface area contributed by atoms with Crippen LogP contribution in [0.4, 0.5) is 0 Å². The fraction of sp³-hybridized carbons (Fsp3) is 0.107. The average molecular weight is 437 g/mol. The first-order chi connectivity index (χ1) is 16.0. The van der Waals surface area contributed by atoms with E-state index in [0.717, 1.165) is 11.1 Å². The van der Waals surface area contributed by atoms with Crippen LogP contribution in [0.3, 0.4) is 0 Å². The van der Waals surface area contributed by atoms with Crippen LogP contribution in [-0.4, -0.2) is 34.1 Å². The summed E-state index contributed by atoms with van der Waals surface area (Å²) in [6, 6.07) is 25.3. The Morgan fingerprint density at radius 1 is 0.727 bits per heavy atom. The van der Waals surface area contributed by atoms with Crippen molar-refractivity contribution in [3.8, 4) is 0 Å². The van der Waals surface area contributed by atoms with Crippen LogP contribution in [0.25, 0.3) is 0 Å². The molecule has 4 rings (SSSR count). The number of carbonyl (C=O) groups excluding carboxylic acids is 2. The van der Waals surface area contributed by atoms with E-state index >= 15 is 0 Å². The fourth-order valence-corrected chi connectivity index (χ4v) is 4.10. The first-order valence-corrected chi connectivity index (χ1v) is 10.6. The minimum atomic E-state index is -1.06. The van der Waals surface area contributed by atoms with E-state index in [2.05, 4.69) is 0 Å². The van der Waals surface area contributed by atoms with Crippen molar-refractivity contribution in [2.24, 2.45) is 0 Å². The van der Waals surface area contributed by atoms with Crippen molar-refractivity contribution in [3.05, 3.63) is 131 Å². The van der Waals surface area contributed by atoms with E-state index in [1.54, 1.807) is 60.9 Å². The molecule has 1 aliphatic rings. The zero-order chi connectivity index (χ0) is 23.4. The number of carboxylic acids is 1. The SMILES string of the molecule is Cc1ccccc1C1C(C(=O)c2ccccc2)=CN(CC(=O)O)C=C1C(=O)c1ccccc1. The molecule has 3 aromatic carbocycles. The topological polar surface area (TPSA) is 74.7 Å². The molecule has 0 saturated carbocycles. The van der Waals surface area contributed by atoms with Crippen LogP contribution in [0.5, 0.6) is 0 Å². The lowest BCUT2D eigenvalue weighted by molar-refractivity contribution is -0.137. The van der Waals surface area contributed by atoms with Gasteiger partial charge in [-0.3, -0.25) is 14.4 Å². The molecule has 0 amide bonds. The summed E-state index contributed by atoms with van der Waals surface area (Å²) in [5.41, 5.74) is 3.44. The van der Waals surface area contributed by atoms with Gasteiger partial charge in [-0.05, 0) is 18.1 Å². The van der Waals surface area contributed by atoms with Crippen molar-refractivity contribution in [1.29, 1.82) is 0 Å².